The van der Waals surface area contributed by atoms with Crippen LogP contribution >= 0.6 is 0 Å². The van der Waals surface area contributed by atoms with Crippen LogP contribution in [0.25, 0.3) is 0 Å². The Kier molecular flexibility index (Phi) is 4.56. The van der Waals surface area contributed by atoms with Crippen molar-refractivity contribution in [2.45, 2.75) is 51.9 Å². The smallest absolute Gasteiger partial charge is 0.411 e. The number of carbonyl (C=O) groups is 2. The van der Waals surface area contributed by atoms with Crippen LogP contribution in [0.4, 0.5) is 4.79 Å². The van der Waals surface area contributed by atoms with Crippen LogP contribution in [0.5, 0.6) is 0 Å². The first-order valence-corrected chi connectivity index (χ1v) is 6.09. The standard InChI is InChI=1S/C12H21NO5/c1-5-17-10(15)9-6-8(14)7-13(9)11(16)18-12(2,3)4/h8-9,14H,5-7H2,1-4H3. The van der Waals surface area contributed by atoms with Crippen LogP contribution in [0.1, 0.15) is 34.1 Å². The third-order valence-corrected chi connectivity index (χ3v) is 2.47. The monoisotopic (exact) mass is 259 g/mol. The zero-order valence-corrected chi connectivity index (χ0v) is 11.3. The summed E-state index contributed by atoms with van der Waals surface area (Å²) in [5.41, 5.74) is -0.635. The second-order valence-corrected chi connectivity index (χ2v) is 5.29. The molecule has 1 aliphatic rings. The quantitative estimate of drug-likeness (QED) is 0.746. The Morgan fingerprint density at radius 3 is 2.50 bits per heavy atom. The number of nitrogens with zero attached hydrogens (tertiary/aromatic N) is 1. The molecule has 2 atom stereocenters. The molecule has 0 spiro atoms. The number of carbonyl (C=O) groups excluding carboxylic acids is 2. The highest BCUT2D eigenvalue weighted by Gasteiger charge is 2.41. The molecular weight excluding hydrogens is 238 g/mol. The van der Waals surface area contributed by atoms with Crippen molar-refractivity contribution in [2.24, 2.45) is 0 Å². The highest BCUT2D eigenvalue weighted by Crippen LogP contribution is 2.22. The van der Waals surface area contributed by atoms with E-state index >= 15 is 0 Å². The van der Waals surface area contributed by atoms with Gasteiger partial charge in [-0.1, -0.05) is 0 Å². The number of likely N-dealkylation sites (tertiary alicyclic amines) is 1. The largest absolute Gasteiger partial charge is 0.464 e. The fraction of sp³-hybridized carbons (Fsp3) is 0.833. The van der Waals surface area contributed by atoms with E-state index < -0.39 is 29.8 Å². The van der Waals surface area contributed by atoms with Gasteiger partial charge in [0, 0.05) is 6.42 Å². The summed E-state index contributed by atoms with van der Waals surface area (Å²) in [5, 5.41) is 9.58. The third-order valence-electron chi connectivity index (χ3n) is 2.47. The minimum atomic E-state index is -0.755. The second kappa shape index (κ2) is 5.56. The van der Waals surface area contributed by atoms with Crippen molar-refractivity contribution >= 4 is 12.1 Å². The molecule has 104 valence electrons. The van der Waals surface area contributed by atoms with Crippen molar-refractivity contribution in [3.8, 4) is 0 Å². The van der Waals surface area contributed by atoms with Gasteiger partial charge in [-0.05, 0) is 27.7 Å². The van der Waals surface area contributed by atoms with Crippen LogP contribution in [-0.4, -0.2) is 53.0 Å². The fourth-order valence-corrected chi connectivity index (χ4v) is 1.80. The number of esters is 1. The molecule has 0 aromatic rings. The Bertz CT molecular complexity index is 323. The maximum atomic E-state index is 11.9. The highest BCUT2D eigenvalue weighted by atomic mass is 16.6. The number of aliphatic hydroxyl groups excluding tert-OH is 1. The molecule has 6 heteroatoms. The van der Waals surface area contributed by atoms with Crippen molar-refractivity contribution in [1.82, 2.24) is 4.90 Å². The van der Waals surface area contributed by atoms with Crippen molar-refractivity contribution in [3.05, 3.63) is 0 Å². The summed E-state index contributed by atoms with van der Waals surface area (Å²) in [6, 6.07) is -0.755. The van der Waals surface area contributed by atoms with Gasteiger partial charge in [-0.15, -0.1) is 0 Å². The predicted molar refractivity (Wildman–Crippen MR) is 64.0 cm³/mol. The molecule has 1 fully saturated rings. The van der Waals surface area contributed by atoms with E-state index in [0.29, 0.717) is 0 Å². The molecule has 0 aliphatic carbocycles. The first-order valence-electron chi connectivity index (χ1n) is 6.09. The number of β-amino-alcohol motifs (C(OH)–C–C–N with tert-alkyl or cyclic N) is 1. The van der Waals surface area contributed by atoms with Crippen LogP contribution in [-0.2, 0) is 14.3 Å². The summed E-state index contributed by atoms with van der Waals surface area (Å²) < 4.78 is 10.1. The predicted octanol–water partition coefficient (Wildman–Crippen LogP) is 0.920. The molecule has 1 saturated heterocycles. The van der Waals surface area contributed by atoms with Gasteiger partial charge in [-0.3, -0.25) is 4.90 Å². The van der Waals surface area contributed by atoms with E-state index in [4.69, 9.17) is 9.47 Å². The molecule has 1 aliphatic heterocycles. The summed E-state index contributed by atoms with van der Waals surface area (Å²) >= 11 is 0. The first-order chi connectivity index (χ1) is 8.24. The molecule has 1 amide bonds. The van der Waals surface area contributed by atoms with Gasteiger partial charge in [-0.2, -0.15) is 0 Å². The maximum absolute atomic E-state index is 11.9. The molecule has 0 aromatic heterocycles. The van der Waals surface area contributed by atoms with E-state index in [0.717, 1.165) is 0 Å². The van der Waals surface area contributed by atoms with E-state index in [1.807, 2.05) is 0 Å². The third kappa shape index (κ3) is 3.87. The molecule has 2 unspecified atom stereocenters. The van der Waals surface area contributed by atoms with Crippen molar-refractivity contribution in [2.75, 3.05) is 13.2 Å². The highest BCUT2D eigenvalue weighted by molar-refractivity contribution is 5.82. The Labute approximate surface area is 107 Å². The molecule has 0 radical (unpaired) electrons. The van der Waals surface area contributed by atoms with E-state index in [9.17, 15) is 14.7 Å². The molecular formula is C12H21NO5. The number of hydrogen-bond donors (Lipinski definition) is 1. The molecule has 6 nitrogen and oxygen atoms in total. The van der Waals surface area contributed by atoms with Gasteiger partial charge in [0.05, 0.1) is 19.3 Å². The van der Waals surface area contributed by atoms with Crippen LogP contribution < -0.4 is 0 Å². The van der Waals surface area contributed by atoms with E-state index in [-0.39, 0.29) is 19.6 Å². The Balaban J connectivity index is 2.72. The first kappa shape index (κ1) is 14.8. The van der Waals surface area contributed by atoms with E-state index in [1.165, 1.54) is 4.90 Å². The molecule has 18 heavy (non-hydrogen) atoms. The van der Waals surface area contributed by atoms with Crippen molar-refractivity contribution in [1.29, 1.82) is 0 Å². The molecule has 0 saturated carbocycles. The average molecular weight is 259 g/mol. The Morgan fingerprint density at radius 2 is 2.00 bits per heavy atom. The minimum Gasteiger partial charge on any atom is -0.464 e. The lowest BCUT2D eigenvalue weighted by Gasteiger charge is -2.27. The molecule has 1 N–H and O–H groups in total. The topological polar surface area (TPSA) is 76.1 Å². The lowest BCUT2D eigenvalue weighted by Crippen LogP contribution is -2.44. The Hall–Kier alpha value is -1.30. The molecule has 1 rings (SSSR count). The Morgan fingerprint density at radius 1 is 1.39 bits per heavy atom. The number of hydrogen-bond acceptors (Lipinski definition) is 5. The van der Waals surface area contributed by atoms with Gasteiger partial charge >= 0.3 is 12.1 Å². The van der Waals surface area contributed by atoms with Gasteiger partial charge in [0.1, 0.15) is 11.6 Å². The molecule has 0 bridgehead atoms. The number of aliphatic hydroxyl groups is 1. The summed E-state index contributed by atoms with van der Waals surface area (Å²) in [5.74, 6) is -0.500. The van der Waals surface area contributed by atoms with Crippen molar-refractivity contribution < 1.29 is 24.2 Å². The second-order valence-electron chi connectivity index (χ2n) is 5.29. The van der Waals surface area contributed by atoms with Crippen LogP contribution in [0.3, 0.4) is 0 Å². The van der Waals surface area contributed by atoms with E-state index in [1.54, 1.807) is 27.7 Å². The van der Waals surface area contributed by atoms with E-state index in [2.05, 4.69) is 0 Å². The zero-order valence-electron chi connectivity index (χ0n) is 11.3. The maximum Gasteiger partial charge on any atom is 0.411 e. The van der Waals surface area contributed by atoms with Crippen LogP contribution in [0, 0.1) is 0 Å². The average Bonchev–Trinajstić information content (AvgIpc) is 2.58. The van der Waals surface area contributed by atoms with Gasteiger partial charge < -0.3 is 14.6 Å². The van der Waals surface area contributed by atoms with Crippen molar-refractivity contribution in [3.63, 3.8) is 0 Å². The number of ether oxygens (including phenoxy) is 2. The van der Waals surface area contributed by atoms with Gasteiger partial charge in [0.15, 0.2) is 0 Å². The SMILES string of the molecule is CCOC(=O)C1CC(O)CN1C(=O)OC(C)(C)C. The van der Waals surface area contributed by atoms with Gasteiger partial charge in [-0.25, -0.2) is 9.59 Å². The molecule has 0 aromatic carbocycles. The fourth-order valence-electron chi connectivity index (χ4n) is 1.80. The van der Waals surface area contributed by atoms with Gasteiger partial charge in [0.2, 0.25) is 0 Å². The summed E-state index contributed by atoms with van der Waals surface area (Å²) in [6.07, 6.45) is -1.12. The lowest BCUT2D eigenvalue weighted by molar-refractivity contribution is -0.148. The van der Waals surface area contributed by atoms with Crippen LogP contribution in [0.2, 0.25) is 0 Å². The zero-order chi connectivity index (χ0) is 13.9. The normalized spacial score (nSPS) is 23.9. The number of amides is 1. The lowest BCUT2D eigenvalue weighted by atomic mass is 10.2. The summed E-state index contributed by atoms with van der Waals surface area (Å²) in [6.45, 7) is 7.28. The minimum absolute atomic E-state index is 0.0956. The number of rotatable bonds is 2. The van der Waals surface area contributed by atoms with Crippen LogP contribution in [0.15, 0.2) is 0 Å². The summed E-state index contributed by atoms with van der Waals surface area (Å²) in [4.78, 5) is 24.8. The summed E-state index contributed by atoms with van der Waals surface area (Å²) in [7, 11) is 0. The van der Waals surface area contributed by atoms with Gasteiger partial charge in [0.25, 0.3) is 0 Å². The molecule has 1 heterocycles.